The van der Waals surface area contributed by atoms with E-state index in [4.69, 9.17) is 9.47 Å². The molecule has 3 aromatic rings. The normalized spacial score (nSPS) is 15.2. The van der Waals surface area contributed by atoms with Gasteiger partial charge in [-0.3, -0.25) is 9.36 Å². The summed E-state index contributed by atoms with van der Waals surface area (Å²) in [5, 5.41) is 0. The standard InChI is InChI=1S/C23H28N4O5/c1-23(2,3)32-22(30)26-11-9-14(10-12-26)27-20(28)19-17(25-21(27)29)13-16(24-19)15-7-5-6-8-18(15)31-4/h5-8,13-14,24H,9-12H2,1-4H3,(H,25,29). The van der Waals surface area contributed by atoms with Crippen molar-refractivity contribution in [1.82, 2.24) is 19.4 Å². The van der Waals surface area contributed by atoms with Gasteiger partial charge in [-0.1, -0.05) is 12.1 Å². The van der Waals surface area contributed by atoms with Crippen molar-refractivity contribution in [3.05, 3.63) is 51.2 Å². The van der Waals surface area contributed by atoms with Crippen LogP contribution in [0.2, 0.25) is 0 Å². The Morgan fingerprint density at radius 2 is 1.78 bits per heavy atom. The molecule has 0 radical (unpaired) electrons. The lowest BCUT2D eigenvalue weighted by molar-refractivity contribution is 0.0186. The zero-order chi connectivity index (χ0) is 23.0. The lowest BCUT2D eigenvalue weighted by atomic mass is 10.1. The number of fused-ring (bicyclic) bond motifs is 1. The second kappa shape index (κ2) is 8.22. The first-order chi connectivity index (χ1) is 15.2. The molecule has 0 aliphatic carbocycles. The molecule has 9 heteroatoms. The topological polar surface area (TPSA) is 109 Å². The van der Waals surface area contributed by atoms with Crippen LogP contribution in [0.25, 0.3) is 22.3 Å². The summed E-state index contributed by atoms with van der Waals surface area (Å²) < 4.78 is 12.1. The Balaban J connectivity index is 1.62. The van der Waals surface area contributed by atoms with E-state index in [1.165, 1.54) is 4.57 Å². The van der Waals surface area contributed by atoms with Gasteiger partial charge in [-0.05, 0) is 51.8 Å². The van der Waals surface area contributed by atoms with Crippen LogP contribution < -0.4 is 16.0 Å². The number of carbonyl (C=O) groups excluding carboxylic acids is 1. The number of para-hydroxylation sites is 1. The second-order valence-electron chi connectivity index (χ2n) is 8.98. The molecule has 0 saturated carbocycles. The number of piperidine rings is 1. The third-order valence-corrected chi connectivity index (χ3v) is 5.59. The molecule has 32 heavy (non-hydrogen) atoms. The van der Waals surface area contributed by atoms with Crippen molar-refractivity contribution in [3.8, 4) is 17.0 Å². The van der Waals surface area contributed by atoms with Crippen molar-refractivity contribution in [1.29, 1.82) is 0 Å². The first kappa shape index (κ1) is 21.7. The Bertz CT molecular complexity index is 1260. The largest absolute Gasteiger partial charge is 0.496 e. The summed E-state index contributed by atoms with van der Waals surface area (Å²) in [5.41, 5.74) is 0.860. The third-order valence-electron chi connectivity index (χ3n) is 5.59. The van der Waals surface area contributed by atoms with Gasteiger partial charge >= 0.3 is 11.8 Å². The molecule has 0 spiro atoms. The van der Waals surface area contributed by atoms with Gasteiger partial charge in [0.05, 0.1) is 18.3 Å². The summed E-state index contributed by atoms with van der Waals surface area (Å²) in [5.74, 6) is 0.663. The van der Waals surface area contributed by atoms with E-state index in [2.05, 4.69) is 9.97 Å². The molecule has 170 valence electrons. The second-order valence-corrected chi connectivity index (χ2v) is 8.98. The van der Waals surface area contributed by atoms with E-state index in [9.17, 15) is 14.4 Å². The Kier molecular flexibility index (Phi) is 5.58. The van der Waals surface area contributed by atoms with E-state index in [1.807, 2.05) is 45.0 Å². The summed E-state index contributed by atoms with van der Waals surface area (Å²) in [7, 11) is 1.58. The minimum Gasteiger partial charge on any atom is -0.496 e. The lowest BCUT2D eigenvalue weighted by Gasteiger charge is -2.33. The van der Waals surface area contributed by atoms with Crippen molar-refractivity contribution in [2.45, 2.75) is 45.3 Å². The van der Waals surface area contributed by atoms with Gasteiger partial charge in [-0.2, -0.15) is 0 Å². The van der Waals surface area contributed by atoms with Gasteiger partial charge in [0.15, 0.2) is 0 Å². The predicted molar refractivity (Wildman–Crippen MR) is 121 cm³/mol. The summed E-state index contributed by atoms with van der Waals surface area (Å²) in [4.78, 5) is 45.9. The smallest absolute Gasteiger partial charge is 0.410 e. The number of hydrogen-bond acceptors (Lipinski definition) is 5. The average Bonchev–Trinajstić information content (AvgIpc) is 3.17. The number of rotatable bonds is 3. The van der Waals surface area contributed by atoms with E-state index >= 15 is 0 Å². The Hall–Kier alpha value is -3.49. The Morgan fingerprint density at radius 3 is 2.44 bits per heavy atom. The number of nitrogens with zero attached hydrogens (tertiary/aromatic N) is 2. The maximum absolute atomic E-state index is 13.2. The fraction of sp³-hybridized carbons (Fsp3) is 0.435. The number of ether oxygens (including phenoxy) is 2. The number of aromatic nitrogens is 3. The van der Waals surface area contributed by atoms with E-state index in [0.717, 1.165) is 5.56 Å². The van der Waals surface area contributed by atoms with Gasteiger partial charge in [-0.25, -0.2) is 9.59 Å². The van der Waals surface area contributed by atoms with Crippen LogP contribution in [0.15, 0.2) is 39.9 Å². The number of aromatic amines is 2. The van der Waals surface area contributed by atoms with E-state index in [-0.39, 0.29) is 17.7 Å². The summed E-state index contributed by atoms with van der Waals surface area (Å²) in [6, 6.07) is 8.90. The van der Waals surface area contributed by atoms with Crippen molar-refractivity contribution in [2.24, 2.45) is 0 Å². The van der Waals surface area contributed by atoms with Crippen LogP contribution in [0, 0.1) is 0 Å². The molecule has 0 unspecified atom stereocenters. The molecule has 1 fully saturated rings. The molecule has 2 aromatic heterocycles. The van der Waals surface area contributed by atoms with Crippen LogP contribution in [-0.4, -0.2) is 51.3 Å². The quantitative estimate of drug-likeness (QED) is 0.650. The van der Waals surface area contributed by atoms with Crippen molar-refractivity contribution in [3.63, 3.8) is 0 Å². The molecule has 3 heterocycles. The zero-order valence-corrected chi connectivity index (χ0v) is 18.7. The average molecular weight is 441 g/mol. The van der Waals surface area contributed by atoms with E-state index < -0.39 is 11.3 Å². The van der Waals surface area contributed by atoms with Gasteiger partial charge in [-0.15, -0.1) is 0 Å². The van der Waals surface area contributed by atoms with Gasteiger partial charge in [0.2, 0.25) is 0 Å². The van der Waals surface area contributed by atoms with Crippen LogP contribution in [0.1, 0.15) is 39.7 Å². The molecule has 0 atom stereocenters. The Labute approximate surface area is 185 Å². The highest BCUT2D eigenvalue weighted by Crippen LogP contribution is 2.30. The fourth-order valence-corrected chi connectivity index (χ4v) is 4.09. The van der Waals surface area contributed by atoms with Crippen molar-refractivity contribution >= 4 is 17.1 Å². The van der Waals surface area contributed by atoms with Gasteiger partial charge in [0, 0.05) is 24.7 Å². The van der Waals surface area contributed by atoms with Crippen molar-refractivity contribution in [2.75, 3.05) is 20.2 Å². The minimum atomic E-state index is -0.570. The summed E-state index contributed by atoms with van der Waals surface area (Å²) >= 11 is 0. The molecule has 1 aliphatic heterocycles. The molecule has 4 rings (SSSR count). The van der Waals surface area contributed by atoms with Crippen LogP contribution >= 0.6 is 0 Å². The molecule has 1 aromatic carbocycles. The monoisotopic (exact) mass is 440 g/mol. The number of amides is 1. The van der Waals surface area contributed by atoms with Crippen LogP contribution in [0.5, 0.6) is 5.75 Å². The fourth-order valence-electron chi connectivity index (χ4n) is 4.09. The molecule has 2 N–H and O–H groups in total. The molecule has 9 nitrogen and oxygen atoms in total. The highest BCUT2D eigenvalue weighted by molar-refractivity contribution is 5.83. The van der Waals surface area contributed by atoms with E-state index in [0.29, 0.717) is 48.4 Å². The highest BCUT2D eigenvalue weighted by atomic mass is 16.6. The minimum absolute atomic E-state index is 0.299. The number of carbonyl (C=O) groups is 1. The van der Waals surface area contributed by atoms with Gasteiger partial charge in [0.25, 0.3) is 5.56 Å². The number of benzene rings is 1. The summed E-state index contributed by atoms with van der Waals surface area (Å²) in [6.45, 7) is 6.30. The summed E-state index contributed by atoms with van der Waals surface area (Å²) in [6.07, 6.45) is 0.611. The molecule has 1 aliphatic rings. The maximum atomic E-state index is 13.2. The Morgan fingerprint density at radius 1 is 1.09 bits per heavy atom. The zero-order valence-electron chi connectivity index (χ0n) is 18.7. The number of nitrogens with one attached hydrogen (secondary N) is 2. The molecular formula is C23H28N4O5. The van der Waals surface area contributed by atoms with Crippen LogP contribution in [0.3, 0.4) is 0 Å². The first-order valence-corrected chi connectivity index (χ1v) is 10.7. The molecule has 0 bridgehead atoms. The van der Waals surface area contributed by atoms with Gasteiger partial charge in [0.1, 0.15) is 16.9 Å². The van der Waals surface area contributed by atoms with Crippen LogP contribution in [-0.2, 0) is 4.74 Å². The number of methoxy groups -OCH3 is 1. The van der Waals surface area contributed by atoms with Gasteiger partial charge < -0.3 is 24.3 Å². The first-order valence-electron chi connectivity index (χ1n) is 10.7. The highest BCUT2D eigenvalue weighted by Gasteiger charge is 2.29. The van der Waals surface area contributed by atoms with Crippen LogP contribution in [0.4, 0.5) is 4.79 Å². The predicted octanol–water partition coefficient (Wildman–Crippen LogP) is 3.27. The maximum Gasteiger partial charge on any atom is 0.410 e. The van der Waals surface area contributed by atoms with Crippen molar-refractivity contribution < 1.29 is 14.3 Å². The van der Waals surface area contributed by atoms with E-state index in [1.54, 1.807) is 18.1 Å². The lowest BCUT2D eigenvalue weighted by Crippen LogP contribution is -2.46. The molecule has 1 saturated heterocycles. The SMILES string of the molecule is COc1ccccc1-c1cc2[nH]c(=O)n(C3CCN(C(=O)OC(C)(C)C)CC3)c(=O)c2[nH]1. The molecular weight excluding hydrogens is 412 g/mol. The number of hydrogen-bond donors (Lipinski definition) is 2. The molecule has 1 amide bonds. The number of H-pyrrole nitrogens is 2. The number of likely N-dealkylation sites (tertiary alicyclic amines) is 1. The third kappa shape index (κ3) is 4.15.